The summed E-state index contributed by atoms with van der Waals surface area (Å²) in [5.41, 5.74) is 0. The first-order chi connectivity index (χ1) is 12.4. The molecule has 0 unspecified atom stereocenters. The van der Waals surface area contributed by atoms with E-state index in [0.29, 0.717) is 0 Å². The lowest BCUT2D eigenvalue weighted by molar-refractivity contribution is 0.168. The average Bonchev–Trinajstić information content (AvgIpc) is 2.70. The van der Waals surface area contributed by atoms with Gasteiger partial charge in [0, 0.05) is 10.6 Å². The third-order valence-corrected chi connectivity index (χ3v) is 9.07. The molecular weight excluding hydrogens is 437 g/mol. The van der Waals surface area contributed by atoms with E-state index in [2.05, 4.69) is 94.3 Å². The van der Waals surface area contributed by atoms with Crippen molar-refractivity contribution in [3.05, 3.63) is 85.2 Å². The van der Waals surface area contributed by atoms with Gasteiger partial charge in [-0.15, -0.1) is 0 Å². The normalized spacial score (nSPS) is 11.4. The molecular formula is C21H22INOP+. The van der Waals surface area contributed by atoms with Gasteiger partial charge < -0.3 is 4.74 Å². The molecule has 0 amide bonds. The minimum atomic E-state index is -1.78. The third-order valence-electron chi connectivity index (χ3n) is 4.27. The molecule has 0 atom stereocenters. The Labute approximate surface area is 164 Å². The summed E-state index contributed by atoms with van der Waals surface area (Å²) in [6.07, 6.45) is 4.87. The van der Waals surface area contributed by atoms with Gasteiger partial charge in [0.1, 0.15) is 23.2 Å². The Bertz CT molecular complexity index is 656. The Morgan fingerprint density at radius 3 is 1.88 bits per heavy atom. The molecule has 0 aliphatic rings. The largest absolute Gasteiger partial charge is 0.377 e. The lowest BCUT2D eigenvalue weighted by atomic mass is 10.4. The number of hydrogen-bond donors (Lipinski definition) is 0. The van der Waals surface area contributed by atoms with Gasteiger partial charge in [0.15, 0.2) is 0 Å². The van der Waals surface area contributed by atoms with E-state index in [1.165, 1.54) is 15.9 Å². The summed E-state index contributed by atoms with van der Waals surface area (Å²) in [6.45, 7) is 1.56. The van der Waals surface area contributed by atoms with E-state index in [9.17, 15) is 0 Å². The topological polar surface area (TPSA) is 22.1 Å². The number of halogens is 1. The van der Waals surface area contributed by atoms with Gasteiger partial charge in [-0.25, -0.2) is 0 Å². The molecule has 0 saturated heterocycles. The molecule has 0 spiro atoms. The summed E-state index contributed by atoms with van der Waals surface area (Å²) < 4.78 is 6.92. The zero-order valence-corrected chi connectivity index (χ0v) is 17.1. The Kier molecular flexibility index (Phi) is 6.97. The van der Waals surface area contributed by atoms with Crippen LogP contribution >= 0.6 is 29.9 Å². The molecule has 0 N–H and O–H groups in total. The Balaban J connectivity index is 2.13. The maximum absolute atomic E-state index is 5.90. The summed E-state index contributed by atoms with van der Waals surface area (Å²) in [7, 11) is -1.78. The van der Waals surface area contributed by atoms with E-state index in [1.807, 2.05) is 18.5 Å². The number of pyridine rings is 1. The number of alkyl halides is 1. The van der Waals surface area contributed by atoms with Crippen LogP contribution in [0.1, 0.15) is 0 Å². The molecule has 2 nitrogen and oxygen atoms in total. The van der Waals surface area contributed by atoms with Gasteiger partial charge in [0.2, 0.25) is 0 Å². The SMILES string of the molecule is [124I]CCOCC[P+](c1ccccc1)(c1ccccc1)c1cccnc1. The average molecular weight is 459 g/mol. The van der Waals surface area contributed by atoms with E-state index < -0.39 is 7.26 Å². The van der Waals surface area contributed by atoms with Crippen molar-refractivity contribution in [2.75, 3.05) is 23.8 Å². The predicted molar refractivity (Wildman–Crippen MR) is 118 cm³/mol. The van der Waals surface area contributed by atoms with Gasteiger partial charge in [0.05, 0.1) is 25.6 Å². The van der Waals surface area contributed by atoms with Crippen molar-refractivity contribution in [3.8, 4) is 0 Å². The maximum atomic E-state index is 5.90. The predicted octanol–water partition coefficient (Wildman–Crippen LogP) is 3.83. The van der Waals surface area contributed by atoms with E-state index >= 15 is 0 Å². The third kappa shape index (κ3) is 4.28. The molecule has 0 bridgehead atoms. The highest BCUT2D eigenvalue weighted by Crippen LogP contribution is 2.54. The van der Waals surface area contributed by atoms with E-state index in [0.717, 1.165) is 23.8 Å². The van der Waals surface area contributed by atoms with Crippen LogP contribution in [-0.2, 0) is 4.74 Å². The standard InChI is InChI=1S/C21H22INOP/c22-13-15-24-16-17-25(19-8-3-1-4-9-19,20-10-5-2-6-11-20)21-12-7-14-23-18-21/h1-12,14,18H,13,15-17H2/q+1/i22-3. The second kappa shape index (κ2) is 9.42. The number of benzene rings is 2. The highest BCUT2D eigenvalue weighted by atomic mass is 124. The van der Waals surface area contributed by atoms with Gasteiger partial charge in [-0.1, -0.05) is 59.0 Å². The first-order valence-electron chi connectivity index (χ1n) is 8.41. The molecule has 25 heavy (non-hydrogen) atoms. The molecule has 1 heterocycles. The summed E-state index contributed by atoms with van der Waals surface area (Å²) in [5, 5.41) is 4.07. The van der Waals surface area contributed by atoms with Crippen molar-refractivity contribution in [2.45, 2.75) is 0 Å². The zero-order valence-electron chi connectivity index (χ0n) is 14.1. The van der Waals surface area contributed by atoms with Crippen LogP contribution in [0.4, 0.5) is 0 Å². The van der Waals surface area contributed by atoms with Crippen molar-refractivity contribution in [3.63, 3.8) is 0 Å². The van der Waals surface area contributed by atoms with Crippen molar-refractivity contribution in [1.82, 2.24) is 4.98 Å². The van der Waals surface area contributed by atoms with Crippen molar-refractivity contribution < 1.29 is 4.74 Å². The Morgan fingerprint density at radius 1 is 0.760 bits per heavy atom. The number of ether oxygens (including phenoxy) is 1. The summed E-state index contributed by atoms with van der Waals surface area (Å²) in [4.78, 5) is 4.43. The fourth-order valence-corrected chi connectivity index (χ4v) is 7.49. The van der Waals surface area contributed by atoms with Gasteiger partial charge in [0.25, 0.3) is 0 Å². The highest BCUT2D eigenvalue weighted by Gasteiger charge is 2.45. The highest BCUT2D eigenvalue weighted by molar-refractivity contribution is 14.1. The molecule has 3 rings (SSSR count). The molecule has 128 valence electrons. The van der Waals surface area contributed by atoms with Crippen LogP contribution in [0, 0.1) is 0 Å². The molecule has 0 aliphatic carbocycles. The van der Waals surface area contributed by atoms with Crippen molar-refractivity contribution in [2.24, 2.45) is 0 Å². The molecule has 0 aliphatic heterocycles. The van der Waals surface area contributed by atoms with Crippen LogP contribution in [0.25, 0.3) is 0 Å². The fourth-order valence-electron chi connectivity index (χ4n) is 3.14. The smallest absolute Gasteiger partial charge is 0.123 e. The van der Waals surface area contributed by atoms with E-state index in [4.69, 9.17) is 4.74 Å². The maximum Gasteiger partial charge on any atom is 0.123 e. The zero-order chi connectivity index (χ0) is 17.4. The van der Waals surface area contributed by atoms with Crippen LogP contribution in [0.5, 0.6) is 0 Å². The lowest BCUT2D eigenvalue weighted by Gasteiger charge is -2.27. The second-order valence-corrected chi connectivity index (χ2v) is 10.4. The molecule has 2 aromatic carbocycles. The van der Waals surface area contributed by atoms with Crippen LogP contribution in [-0.4, -0.2) is 28.8 Å². The van der Waals surface area contributed by atoms with E-state index in [-0.39, 0.29) is 0 Å². The summed E-state index contributed by atoms with van der Waals surface area (Å²) in [5.74, 6) is 0. The van der Waals surface area contributed by atoms with Gasteiger partial charge in [-0.2, -0.15) is 0 Å². The first kappa shape index (κ1) is 18.5. The molecule has 1 aromatic heterocycles. The monoisotopic (exact) mass is 459 g/mol. The number of nitrogens with zero attached hydrogens (tertiary/aromatic N) is 1. The minimum Gasteiger partial charge on any atom is -0.377 e. The molecule has 0 radical (unpaired) electrons. The quantitative estimate of drug-likeness (QED) is 0.221. The minimum absolute atomic E-state index is 0.759. The Morgan fingerprint density at radius 2 is 1.36 bits per heavy atom. The number of aromatic nitrogens is 1. The molecule has 0 saturated carbocycles. The molecule has 4 heteroatoms. The summed E-state index contributed by atoms with van der Waals surface area (Å²) >= 11 is 2.36. The lowest BCUT2D eigenvalue weighted by Crippen LogP contribution is -2.35. The Hall–Kier alpha value is -1.29. The van der Waals surface area contributed by atoms with Crippen LogP contribution in [0.2, 0.25) is 0 Å². The van der Waals surface area contributed by atoms with Crippen LogP contribution in [0.15, 0.2) is 85.2 Å². The van der Waals surface area contributed by atoms with Crippen molar-refractivity contribution in [1.29, 1.82) is 0 Å². The van der Waals surface area contributed by atoms with Gasteiger partial charge in [-0.3, -0.25) is 4.98 Å². The van der Waals surface area contributed by atoms with Gasteiger partial charge in [-0.05, 0) is 36.4 Å². The second-order valence-electron chi connectivity index (χ2n) is 5.72. The van der Waals surface area contributed by atoms with Crippen LogP contribution < -0.4 is 15.9 Å². The van der Waals surface area contributed by atoms with Crippen LogP contribution in [0.3, 0.4) is 0 Å². The first-order valence-corrected chi connectivity index (χ1v) is 11.9. The van der Waals surface area contributed by atoms with Crippen molar-refractivity contribution >= 4 is 45.8 Å². The van der Waals surface area contributed by atoms with Gasteiger partial charge >= 0.3 is 0 Å². The number of rotatable bonds is 8. The number of hydrogen-bond acceptors (Lipinski definition) is 2. The van der Waals surface area contributed by atoms with E-state index in [1.54, 1.807) is 0 Å². The molecule has 3 aromatic rings. The molecule has 0 fully saturated rings. The fraction of sp³-hybridized carbons (Fsp3) is 0.190. The summed E-state index contributed by atoms with van der Waals surface area (Å²) in [6, 6.07) is 26.0.